The van der Waals surface area contributed by atoms with Crippen LogP contribution in [0.15, 0.2) is 12.3 Å². The summed E-state index contributed by atoms with van der Waals surface area (Å²) in [5, 5.41) is 0. The molecule has 0 N–H and O–H groups in total. The Bertz CT molecular complexity index is 383. The van der Waals surface area contributed by atoms with Gasteiger partial charge >= 0.3 is 0 Å². The van der Waals surface area contributed by atoms with E-state index in [4.69, 9.17) is 0 Å². The molecule has 2 nitrogen and oxygen atoms in total. The zero-order valence-electron chi connectivity index (χ0n) is 10.0. The maximum absolute atomic E-state index is 11.7. The zero-order chi connectivity index (χ0) is 11.5. The van der Waals surface area contributed by atoms with E-state index in [1.165, 1.54) is 5.69 Å². The van der Waals surface area contributed by atoms with Crippen LogP contribution >= 0.6 is 11.8 Å². The van der Waals surface area contributed by atoms with E-state index in [1.807, 2.05) is 17.8 Å². The van der Waals surface area contributed by atoms with Gasteiger partial charge in [0.25, 0.3) is 0 Å². The Morgan fingerprint density at radius 3 is 3.06 bits per heavy atom. The molecule has 0 fully saturated rings. The number of fused-ring (bicyclic) bond motifs is 1. The number of hydrogen-bond donors (Lipinski definition) is 0. The number of rotatable bonds is 4. The molecule has 0 saturated heterocycles. The topological polar surface area (TPSA) is 22.0 Å². The van der Waals surface area contributed by atoms with Gasteiger partial charge in [-0.1, -0.05) is 6.92 Å². The third-order valence-corrected chi connectivity index (χ3v) is 4.31. The lowest BCUT2D eigenvalue weighted by atomic mass is 9.96. The van der Waals surface area contributed by atoms with E-state index in [2.05, 4.69) is 24.6 Å². The Morgan fingerprint density at radius 2 is 2.31 bits per heavy atom. The summed E-state index contributed by atoms with van der Waals surface area (Å²) in [4.78, 5) is 11.7. The Morgan fingerprint density at radius 1 is 1.50 bits per heavy atom. The monoisotopic (exact) mass is 237 g/mol. The van der Waals surface area contributed by atoms with Crippen LogP contribution in [-0.2, 0) is 6.42 Å². The summed E-state index contributed by atoms with van der Waals surface area (Å²) in [6, 6.07) is 2.50. The summed E-state index contributed by atoms with van der Waals surface area (Å²) in [5.41, 5.74) is 2.24. The molecule has 1 aliphatic rings. The fourth-order valence-electron chi connectivity index (χ4n) is 2.33. The molecule has 1 unspecified atom stereocenters. The average Bonchev–Trinajstić information content (AvgIpc) is 2.71. The second-order valence-electron chi connectivity index (χ2n) is 4.37. The first-order chi connectivity index (χ1) is 7.74. The highest BCUT2D eigenvalue weighted by Crippen LogP contribution is 2.26. The fraction of sp³-hybridized carbons (Fsp3) is 0.615. The molecule has 3 heteroatoms. The van der Waals surface area contributed by atoms with E-state index in [1.54, 1.807) is 0 Å². The molecule has 1 aromatic heterocycles. The van der Waals surface area contributed by atoms with Gasteiger partial charge in [-0.05, 0) is 31.6 Å². The van der Waals surface area contributed by atoms with Crippen LogP contribution < -0.4 is 0 Å². The molecule has 0 saturated carbocycles. The molecular weight excluding hydrogens is 218 g/mol. The van der Waals surface area contributed by atoms with E-state index < -0.39 is 0 Å². The summed E-state index contributed by atoms with van der Waals surface area (Å²) in [7, 11) is 0. The van der Waals surface area contributed by atoms with Crippen molar-refractivity contribution in [3.63, 3.8) is 0 Å². The van der Waals surface area contributed by atoms with Gasteiger partial charge in [0.1, 0.15) is 0 Å². The second kappa shape index (κ2) is 5.09. The SMILES string of the molecule is CCSCC(C)n1ccc2c1CCCC2=O. The van der Waals surface area contributed by atoms with Crippen LogP contribution in [0.4, 0.5) is 0 Å². The molecule has 0 aromatic carbocycles. The largest absolute Gasteiger partial charge is 0.347 e. The number of aromatic nitrogens is 1. The van der Waals surface area contributed by atoms with Crippen molar-refractivity contribution in [1.29, 1.82) is 0 Å². The van der Waals surface area contributed by atoms with Gasteiger partial charge in [-0.2, -0.15) is 11.8 Å². The highest BCUT2D eigenvalue weighted by Gasteiger charge is 2.22. The molecule has 0 bridgehead atoms. The first-order valence-electron chi connectivity index (χ1n) is 6.04. The lowest BCUT2D eigenvalue weighted by Crippen LogP contribution is -2.16. The number of thioether (sulfide) groups is 1. The van der Waals surface area contributed by atoms with Crippen molar-refractivity contribution in [2.45, 2.75) is 39.2 Å². The Hall–Kier alpha value is -0.700. The number of nitrogens with zero attached hydrogens (tertiary/aromatic N) is 1. The minimum absolute atomic E-state index is 0.329. The Kier molecular flexibility index (Phi) is 3.74. The van der Waals surface area contributed by atoms with Crippen molar-refractivity contribution in [2.24, 2.45) is 0 Å². The standard InChI is InChI=1S/C13H19NOS/c1-3-16-9-10(2)14-8-7-11-12(14)5-4-6-13(11)15/h7-8,10H,3-6,9H2,1-2H3. The maximum Gasteiger partial charge on any atom is 0.164 e. The molecular formula is C13H19NOS. The van der Waals surface area contributed by atoms with Crippen LogP contribution in [0, 0.1) is 0 Å². The Balaban J connectivity index is 2.19. The van der Waals surface area contributed by atoms with E-state index in [9.17, 15) is 4.79 Å². The van der Waals surface area contributed by atoms with Crippen LogP contribution in [0.3, 0.4) is 0 Å². The third kappa shape index (κ3) is 2.19. The smallest absolute Gasteiger partial charge is 0.164 e. The van der Waals surface area contributed by atoms with Crippen LogP contribution in [0.2, 0.25) is 0 Å². The van der Waals surface area contributed by atoms with Crippen LogP contribution in [0.1, 0.15) is 48.8 Å². The lowest BCUT2D eigenvalue weighted by molar-refractivity contribution is 0.0971. The molecule has 88 valence electrons. The number of hydrogen-bond acceptors (Lipinski definition) is 2. The molecule has 0 aliphatic heterocycles. The predicted octanol–water partition coefficient (Wildman–Crippen LogP) is 3.32. The van der Waals surface area contributed by atoms with Gasteiger partial charge < -0.3 is 4.57 Å². The zero-order valence-corrected chi connectivity index (χ0v) is 10.8. The quantitative estimate of drug-likeness (QED) is 0.801. The molecule has 1 aliphatic carbocycles. The molecule has 16 heavy (non-hydrogen) atoms. The predicted molar refractivity (Wildman–Crippen MR) is 69.4 cm³/mol. The number of ketones is 1. The van der Waals surface area contributed by atoms with Gasteiger partial charge in [0.05, 0.1) is 0 Å². The van der Waals surface area contributed by atoms with Crippen molar-refractivity contribution in [3.8, 4) is 0 Å². The van der Waals surface area contributed by atoms with Gasteiger partial charge in [-0.15, -0.1) is 0 Å². The maximum atomic E-state index is 11.7. The van der Waals surface area contributed by atoms with Crippen molar-refractivity contribution < 1.29 is 4.79 Å². The first-order valence-corrected chi connectivity index (χ1v) is 7.20. The number of Topliss-reactive ketones (excluding diaryl/α,β-unsaturated/α-hetero) is 1. The van der Waals surface area contributed by atoms with Gasteiger partial charge in [-0.25, -0.2) is 0 Å². The first kappa shape index (κ1) is 11.8. The summed E-state index contributed by atoms with van der Waals surface area (Å²) >= 11 is 1.96. The van der Waals surface area contributed by atoms with Crippen molar-refractivity contribution in [2.75, 3.05) is 11.5 Å². The van der Waals surface area contributed by atoms with E-state index in [0.717, 1.165) is 36.3 Å². The van der Waals surface area contributed by atoms with Gasteiger partial charge in [0.2, 0.25) is 0 Å². The molecule has 1 atom stereocenters. The highest BCUT2D eigenvalue weighted by atomic mass is 32.2. The van der Waals surface area contributed by atoms with Crippen molar-refractivity contribution in [1.82, 2.24) is 4.57 Å². The molecule has 1 aromatic rings. The van der Waals surface area contributed by atoms with Gasteiger partial charge in [0.15, 0.2) is 5.78 Å². The van der Waals surface area contributed by atoms with Crippen LogP contribution in [0.5, 0.6) is 0 Å². The summed E-state index contributed by atoms with van der Waals surface area (Å²) in [6.07, 6.45) is 4.91. The van der Waals surface area contributed by atoms with E-state index in [0.29, 0.717) is 11.8 Å². The molecule has 1 heterocycles. The van der Waals surface area contributed by atoms with Gasteiger partial charge in [-0.3, -0.25) is 4.79 Å². The van der Waals surface area contributed by atoms with E-state index in [-0.39, 0.29) is 0 Å². The number of carbonyl (C=O) groups is 1. The molecule has 2 rings (SSSR count). The summed E-state index contributed by atoms with van der Waals surface area (Å²) < 4.78 is 2.30. The third-order valence-electron chi connectivity index (χ3n) is 3.18. The minimum Gasteiger partial charge on any atom is -0.347 e. The lowest BCUT2D eigenvalue weighted by Gasteiger charge is -2.20. The molecule has 0 amide bonds. The number of carbonyl (C=O) groups excluding carboxylic acids is 1. The van der Waals surface area contributed by atoms with Crippen molar-refractivity contribution in [3.05, 3.63) is 23.5 Å². The normalized spacial score (nSPS) is 17.2. The summed E-state index contributed by atoms with van der Waals surface area (Å²) in [6.45, 7) is 4.42. The second-order valence-corrected chi connectivity index (χ2v) is 5.69. The fourth-order valence-corrected chi connectivity index (χ4v) is 3.07. The van der Waals surface area contributed by atoms with Crippen molar-refractivity contribution >= 4 is 17.5 Å². The minimum atomic E-state index is 0.329. The molecule has 0 radical (unpaired) electrons. The highest BCUT2D eigenvalue weighted by molar-refractivity contribution is 7.99. The summed E-state index contributed by atoms with van der Waals surface area (Å²) in [5.74, 6) is 2.62. The molecule has 0 spiro atoms. The van der Waals surface area contributed by atoms with Gasteiger partial charge in [0, 0.05) is 35.7 Å². The van der Waals surface area contributed by atoms with Crippen LogP contribution in [-0.4, -0.2) is 21.9 Å². The van der Waals surface area contributed by atoms with E-state index >= 15 is 0 Å². The Labute approximate surface area is 101 Å². The van der Waals surface area contributed by atoms with Crippen LogP contribution in [0.25, 0.3) is 0 Å². The average molecular weight is 237 g/mol.